The van der Waals surface area contributed by atoms with Crippen molar-refractivity contribution in [2.75, 3.05) is 0 Å². The third-order valence-corrected chi connectivity index (χ3v) is 3.53. The summed E-state index contributed by atoms with van der Waals surface area (Å²) in [5.41, 5.74) is 3.28. The zero-order valence-electron chi connectivity index (χ0n) is 11.1. The van der Waals surface area contributed by atoms with Crippen molar-refractivity contribution in [1.29, 1.82) is 0 Å². The average Bonchev–Trinajstić information content (AvgIpc) is 2.88. The van der Waals surface area contributed by atoms with E-state index in [9.17, 15) is 0 Å². The van der Waals surface area contributed by atoms with Gasteiger partial charge in [0.15, 0.2) is 0 Å². The lowest BCUT2D eigenvalue weighted by Crippen LogP contribution is -1.88. The van der Waals surface area contributed by atoms with Crippen molar-refractivity contribution in [3.63, 3.8) is 0 Å². The summed E-state index contributed by atoms with van der Waals surface area (Å²) in [4.78, 5) is 4.56. The van der Waals surface area contributed by atoms with Crippen LogP contribution >= 0.6 is 0 Å². The second-order valence-corrected chi connectivity index (χ2v) is 5.01. The van der Waals surface area contributed by atoms with Gasteiger partial charge in [-0.25, -0.2) is 0 Å². The molecule has 0 aliphatic carbocycles. The molecule has 2 nitrogen and oxygen atoms in total. The zero-order chi connectivity index (χ0) is 13.1. The highest BCUT2D eigenvalue weighted by Gasteiger charge is 2.03. The number of fused-ring (bicyclic) bond motifs is 2. The lowest BCUT2D eigenvalue weighted by molar-refractivity contribution is 0.616. The van der Waals surface area contributed by atoms with Crippen molar-refractivity contribution in [2.24, 2.45) is 0 Å². The van der Waals surface area contributed by atoms with Crippen LogP contribution < -0.4 is 0 Å². The molecule has 1 radical (unpaired) electrons. The first-order chi connectivity index (χ1) is 9.36. The van der Waals surface area contributed by atoms with Crippen LogP contribution in [0.2, 0.25) is 0 Å². The van der Waals surface area contributed by atoms with E-state index in [-0.39, 0.29) is 0 Å². The Balaban J connectivity index is 1.85. The lowest BCUT2D eigenvalue weighted by Gasteiger charge is -2.03. The van der Waals surface area contributed by atoms with Gasteiger partial charge in [0.25, 0.3) is 0 Å². The number of pyridine rings is 1. The summed E-state index contributed by atoms with van der Waals surface area (Å²) in [6.07, 6.45) is 9.53. The minimum absolute atomic E-state index is 0.934. The van der Waals surface area contributed by atoms with Crippen LogP contribution in [0.3, 0.4) is 0 Å². The van der Waals surface area contributed by atoms with Crippen LogP contribution in [0.4, 0.5) is 0 Å². The van der Waals surface area contributed by atoms with Crippen molar-refractivity contribution in [3.8, 4) is 0 Å². The normalized spacial score (nSPS) is 11.4. The van der Waals surface area contributed by atoms with Crippen LogP contribution in [-0.2, 0) is 6.42 Å². The Morgan fingerprint density at radius 2 is 2.00 bits per heavy atom. The second kappa shape index (κ2) is 5.43. The molecule has 1 aromatic carbocycles. The monoisotopic (exact) mass is 252 g/mol. The van der Waals surface area contributed by atoms with E-state index in [2.05, 4.69) is 30.1 Å². The van der Waals surface area contributed by atoms with Gasteiger partial charge < -0.3 is 4.42 Å². The number of benzene rings is 1. The Labute approximate surface area is 113 Å². The summed E-state index contributed by atoms with van der Waals surface area (Å²) in [6.45, 7) is 3.87. The smallest absolute Gasteiger partial charge is 0.134 e. The maximum atomic E-state index is 5.44. The van der Waals surface area contributed by atoms with Gasteiger partial charge >= 0.3 is 0 Å². The highest BCUT2D eigenvalue weighted by molar-refractivity contribution is 5.93. The molecular formula is C17H18NO. The first-order valence-electron chi connectivity index (χ1n) is 6.92. The van der Waals surface area contributed by atoms with Gasteiger partial charge in [0.05, 0.1) is 11.8 Å². The van der Waals surface area contributed by atoms with Gasteiger partial charge in [-0.15, -0.1) is 0 Å². The first-order valence-corrected chi connectivity index (χ1v) is 6.92. The van der Waals surface area contributed by atoms with Crippen LogP contribution in [0.5, 0.6) is 0 Å². The summed E-state index contributed by atoms with van der Waals surface area (Å²) in [5, 5.41) is 2.28. The standard InChI is InChI=1S/C17H18NO/c1-2-3-4-5-6-13-9-15-11-17-14(7-8-19-17)10-16(15)18-12-13/h7-12H,1-6H2. The fourth-order valence-electron chi connectivity index (χ4n) is 2.45. The van der Waals surface area contributed by atoms with Crippen LogP contribution in [-0.4, -0.2) is 4.98 Å². The molecule has 0 bridgehead atoms. The molecule has 2 heteroatoms. The highest BCUT2D eigenvalue weighted by atomic mass is 16.3. The molecule has 0 N–H and O–H groups in total. The highest BCUT2D eigenvalue weighted by Crippen LogP contribution is 2.23. The van der Waals surface area contributed by atoms with Crippen LogP contribution in [0, 0.1) is 6.92 Å². The number of aromatic nitrogens is 1. The van der Waals surface area contributed by atoms with Gasteiger partial charge in [-0.1, -0.05) is 26.2 Å². The van der Waals surface area contributed by atoms with Crippen molar-refractivity contribution < 1.29 is 4.42 Å². The number of aryl methyl sites for hydroxylation is 1. The molecule has 0 aliphatic rings. The maximum absolute atomic E-state index is 5.44. The summed E-state index contributed by atoms with van der Waals surface area (Å²) in [5.74, 6) is 0. The molecule has 0 aliphatic heterocycles. The Bertz CT molecular complexity index is 684. The Kier molecular flexibility index (Phi) is 3.49. The van der Waals surface area contributed by atoms with Crippen molar-refractivity contribution in [1.82, 2.24) is 4.98 Å². The molecule has 0 unspecified atom stereocenters. The average molecular weight is 252 g/mol. The summed E-state index contributed by atoms with van der Waals surface area (Å²) in [6, 6.07) is 8.37. The van der Waals surface area contributed by atoms with E-state index in [1.165, 1.54) is 24.8 Å². The number of hydrogen-bond acceptors (Lipinski definition) is 2. The van der Waals surface area contributed by atoms with E-state index in [1.807, 2.05) is 12.3 Å². The van der Waals surface area contributed by atoms with Gasteiger partial charge in [0.2, 0.25) is 0 Å². The molecule has 3 aromatic rings. The molecule has 2 heterocycles. The molecule has 0 amide bonds. The SMILES string of the molecule is [CH2]CCCCCc1cnc2cc3ccoc3cc2c1. The minimum atomic E-state index is 0.934. The summed E-state index contributed by atoms with van der Waals surface area (Å²) in [7, 11) is 0. The van der Waals surface area contributed by atoms with Crippen molar-refractivity contribution >= 4 is 21.9 Å². The largest absolute Gasteiger partial charge is 0.464 e. The third kappa shape index (κ3) is 2.62. The fraction of sp³-hybridized carbons (Fsp3) is 0.294. The quantitative estimate of drug-likeness (QED) is 0.602. The predicted molar refractivity (Wildman–Crippen MR) is 79.0 cm³/mol. The minimum Gasteiger partial charge on any atom is -0.464 e. The number of unbranched alkanes of at least 4 members (excludes halogenated alkanes) is 3. The number of hydrogen-bond donors (Lipinski definition) is 0. The van der Waals surface area contributed by atoms with E-state index in [0.29, 0.717) is 0 Å². The van der Waals surface area contributed by atoms with Crippen LogP contribution in [0.1, 0.15) is 31.2 Å². The molecule has 19 heavy (non-hydrogen) atoms. The molecular weight excluding hydrogens is 234 g/mol. The second-order valence-electron chi connectivity index (χ2n) is 5.01. The van der Waals surface area contributed by atoms with Crippen molar-refractivity contribution in [2.45, 2.75) is 32.1 Å². The molecule has 0 saturated heterocycles. The zero-order valence-corrected chi connectivity index (χ0v) is 11.1. The van der Waals surface area contributed by atoms with E-state index in [4.69, 9.17) is 4.42 Å². The third-order valence-electron chi connectivity index (χ3n) is 3.53. The lowest BCUT2D eigenvalue weighted by atomic mass is 10.1. The Morgan fingerprint density at radius 3 is 2.89 bits per heavy atom. The maximum Gasteiger partial charge on any atom is 0.134 e. The van der Waals surface area contributed by atoms with Gasteiger partial charge in [-0.2, -0.15) is 0 Å². The van der Waals surface area contributed by atoms with E-state index < -0.39 is 0 Å². The first kappa shape index (κ1) is 12.2. The Hall–Kier alpha value is -1.83. The Morgan fingerprint density at radius 1 is 1.05 bits per heavy atom. The number of furan rings is 1. The molecule has 0 spiro atoms. The number of nitrogens with zero attached hydrogens (tertiary/aromatic N) is 1. The molecule has 3 rings (SSSR count). The molecule has 0 fully saturated rings. The van der Waals surface area contributed by atoms with Crippen LogP contribution in [0.15, 0.2) is 41.1 Å². The van der Waals surface area contributed by atoms with Gasteiger partial charge in [-0.3, -0.25) is 4.98 Å². The van der Waals surface area contributed by atoms with E-state index in [0.717, 1.165) is 34.7 Å². The molecule has 2 aromatic heterocycles. The van der Waals surface area contributed by atoms with Gasteiger partial charge in [0, 0.05) is 17.0 Å². The molecule has 0 atom stereocenters. The van der Waals surface area contributed by atoms with E-state index in [1.54, 1.807) is 6.26 Å². The molecule has 0 saturated carbocycles. The van der Waals surface area contributed by atoms with E-state index >= 15 is 0 Å². The predicted octanol–water partition coefficient (Wildman–Crippen LogP) is 4.92. The van der Waals surface area contributed by atoms with Gasteiger partial charge in [-0.05, 0) is 42.7 Å². The molecule has 97 valence electrons. The summed E-state index contributed by atoms with van der Waals surface area (Å²) >= 11 is 0. The van der Waals surface area contributed by atoms with Gasteiger partial charge in [0.1, 0.15) is 5.58 Å². The van der Waals surface area contributed by atoms with Crippen molar-refractivity contribution in [3.05, 3.63) is 49.2 Å². The summed E-state index contributed by atoms with van der Waals surface area (Å²) < 4.78 is 5.44. The topological polar surface area (TPSA) is 26.0 Å². The number of rotatable bonds is 5. The fourth-order valence-corrected chi connectivity index (χ4v) is 2.45. The van der Waals surface area contributed by atoms with Crippen LogP contribution in [0.25, 0.3) is 21.9 Å².